The van der Waals surface area contributed by atoms with Crippen LogP contribution in [-0.2, 0) is 7.05 Å². The maximum absolute atomic E-state index is 11.4. The first kappa shape index (κ1) is 7.98. The molecule has 0 N–H and O–H groups in total. The zero-order valence-electron chi connectivity index (χ0n) is 7.61. The van der Waals surface area contributed by atoms with Gasteiger partial charge >= 0.3 is 0 Å². The number of nitrogens with zero attached hydrogens (tertiary/aromatic N) is 2. The summed E-state index contributed by atoms with van der Waals surface area (Å²) >= 11 is 0. The molecule has 0 unspecified atom stereocenters. The maximum atomic E-state index is 11.4. The lowest BCUT2D eigenvalue weighted by molar-refractivity contribution is 0.884. The van der Waals surface area contributed by atoms with Gasteiger partial charge in [-0.15, -0.1) is 0 Å². The summed E-state index contributed by atoms with van der Waals surface area (Å²) in [6, 6.07) is 5.47. The molecule has 66 valence electrons. The molecule has 0 aliphatic carbocycles. The van der Waals surface area contributed by atoms with Gasteiger partial charge in [-0.1, -0.05) is 0 Å². The number of rotatable bonds is 0. The molecular formula is C10H10N2O. The normalized spacial score (nSPS) is 10.6. The first-order chi connectivity index (χ1) is 6.20. The van der Waals surface area contributed by atoms with Crippen LogP contribution < -0.4 is 5.56 Å². The van der Waals surface area contributed by atoms with E-state index in [2.05, 4.69) is 4.98 Å². The highest BCUT2D eigenvalue weighted by molar-refractivity contribution is 5.78. The summed E-state index contributed by atoms with van der Waals surface area (Å²) in [6.07, 6.45) is 1.70. The van der Waals surface area contributed by atoms with Gasteiger partial charge in [0.1, 0.15) is 5.65 Å². The van der Waals surface area contributed by atoms with E-state index in [9.17, 15) is 4.79 Å². The van der Waals surface area contributed by atoms with E-state index in [4.69, 9.17) is 0 Å². The van der Waals surface area contributed by atoms with E-state index in [1.165, 1.54) is 0 Å². The third kappa shape index (κ3) is 1.13. The predicted molar refractivity (Wildman–Crippen MR) is 51.7 cm³/mol. The van der Waals surface area contributed by atoms with E-state index in [-0.39, 0.29) is 5.56 Å². The monoisotopic (exact) mass is 174 g/mol. The highest BCUT2D eigenvalue weighted by Crippen LogP contribution is 2.11. The Bertz CT molecular complexity index is 514. The number of hydrogen-bond acceptors (Lipinski definition) is 2. The second-order valence-corrected chi connectivity index (χ2v) is 3.10. The van der Waals surface area contributed by atoms with Crippen molar-refractivity contribution < 1.29 is 0 Å². The fourth-order valence-electron chi connectivity index (χ4n) is 1.44. The van der Waals surface area contributed by atoms with Crippen LogP contribution in [0.4, 0.5) is 0 Å². The molecule has 0 aliphatic rings. The van der Waals surface area contributed by atoms with E-state index in [1.54, 1.807) is 23.9 Å². The van der Waals surface area contributed by atoms with Gasteiger partial charge < -0.3 is 0 Å². The minimum absolute atomic E-state index is 0.0105. The molecule has 3 nitrogen and oxygen atoms in total. The van der Waals surface area contributed by atoms with Crippen molar-refractivity contribution in [2.75, 3.05) is 0 Å². The molecule has 0 saturated carbocycles. The van der Waals surface area contributed by atoms with Crippen LogP contribution in [0.25, 0.3) is 11.0 Å². The van der Waals surface area contributed by atoms with Gasteiger partial charge in [0.2, 0.25) is 0 Å². The molecule has 0 fully saturated rings. The van der Waals surface area contributed by atoms with Gasteiger partial charge in [-0.05, 0) is 24.6 Å². The summed E-state index contributed by atoms with van der Waals surface area (Å²) in [7, 11) is 1.73. The van der Waals surface area contributed by atoms with E-state index < -0.39 is 0 Å². The average molecular weight is 174 g/mol. The van der Waals surface area contributed by atoms with Crippen molar-refractivity contribution >= 4 is 11.0 Å². The minimum Gasteiger partial charge on any atom is -0.296 e. The van der Waals surface area contributed by atoms with Crippen molar-refractivity contribution in [2.45, 2.75) is 6.92 Å². The van der Waals surface area contributed by atoms with E-state index in [0.717, 1.165) is 16.6 Å². The molecule has 2 aromatic rings. The standard InChI is InChI=1S/C10H10N2O/c1-7-6-9(13)12(2)10-8(7)4-3-5-11-10/h3-6H,1-2H3. The Kier molecular flexibility index (Phi) is 1.65. The quantitative estimate of drug-likeness (QED) is 0.602. The molecule has 2 aromatic heterocycles. The Morgan fingerprint density at radius 3 is 3.00 bits per heavy atom. The maximum Gasteiger partial charge on any atom is 0.252 e. The minimum atomic E-state index is -0.0105. The second-order valence-electron chi connectivity index (χ2n) is 3.10. The smallest absolute Gasteiger partial charge is 0.252 e. The Morgan fingerprint density at radius 1 is 1.46 bits per heavy atom. The van der Waals surface area contributed by atoms with E-state index in [0.29, 0.717) is 0 Å². The predicted octanol–water partition coefficient (Wildman–Crippen LogP) is 1.24. The topological polar surface area (TPSA) is 34.9 Å². The average Bonchev–Trinajstić information content (AvgIpc) is 2.15. The van der Waals surface area contributed by atoms with Crippen molar-refractivity contribution in [2.24, 2.45) is 7.05 Å². The summed E-state index contributed by atoms with van der Waals surface area (Å²) in [5.41, 5.74) is 1.71. The highest BCUT2D eigenvalue weighted by atomic mass is 16.1. The largest absolute Gasteiger partial charge is 0.296 e. The van der Waals surface area contributed by atoms with Crippen molar-refractivity contribution in [3.63, 3.8) is 0 Å². The van der Waals surface area contributed by atoms with Gasteiger partial charge in [0, 0.05) is 24.7 Å². The molecule has 0 amide bonds. The van der Waals surface area contributed by atoms with Gasteiger partial charge in [0.05, 0.1) is 0 Å². The van der Waals surface area contributed by atoms with Crippen molar-refractivity contribution in [1.82, 2.24) is 9.55 Å². The van der Waals surface area contributed by atoms with Crippen LogP contribution in [0.2, 0.25) is 0 Å². The SMILES string of the molecule is Cc1cc(=O)n(C)c2ncccc12. The molecular weight excluding hydrogens is 164 g/mol. The second kappa shape index (κ2) is 2.69. The van der Waals surface area contributed by atoms with Crippen LogP contribution in [0.15, 0.2) is 29.2 Å². The van der Waals surface area contributed by atoms with Crippen LogP contribution in [0, 0.1) is 6.92 Å². The lowest BCUT2D eigenvalue weighted by Crippen LogP contribution is -2.17. The molecule has 0 bridgehead atoms. The zero-order chi connectivity index (χ0) is 9.42. The lowest BCUT2D eigenvalue weighted by atomic mass is 10.2. The first-order valence-corrected chi connectivity index (χ1v) is 4.11. The van der Waals surface area contributed by atoms with Crippen LogP contribution >= 0.6 is 0 Å². The molecule has 13 heavy (non-hydrogen) atoms. The number of aromatic nitrogens is 2. The summed E-state index contributed by atoms with van der Waals surface area (Å²) in [5, 5.41) is 1.03. The Balaban J connectivity index is 3.06. The van der Waals surface area contributed by atoms with Gasteiger partial charge in [-0.3, -0.25) is 9.36 Å². The van der Waals surface area contributed by atoms with E-state index in [1.807, 2.05) is 19.1 Å². The summed E-state index contributed by atoms with van der Waals surface area (Å²) in [6.45, 7) is 1.92. The van der Waals surface area contributed by atoms with Crippen molar-refractivity contribution in [3.05, 3.63) is 40.3 Å². The molecule has 0 spiro atoms. The van der Waals surface area contributed by atoms with Crippen LogP contribution in [0.5, 0.6) is 0 Å². The molecule has 3 heteroatoms. The molecule has 2 rings (SSSR count). The molecule has 2 heterocycles. The summed E-state index contributed by atoms with van der Waals surface area (Å²) in [5.74, 6) is 0. The van der Waals surface area contributed by atoms with Crippen molar-refractivity contribution in [3.8, 4) is 0 Å². The Morgan fingerprint density at radius 2 is 2.23 bits per heavy atom. The molecule has 0 saturated heterocycles. The molecule has 0 aliphatic heterocycles. The van der Waals surface area contributed by atoms with Crippen LogP contribution in [0.3, 0.4) is 0 Å². The Hall–Kier alpha value is -1.64. The molecule has 0 aromatic carbocycles. The lowest BCUT2D eigenvalue weighted by Gasteiger charge is -2.04. The van der Waals surface area contributed by atoms with Gasteiger partial charge in [0.15, 0.2) is 0 Å². The van der Waals surface area contributed by atoms with Crippen LogP contribution in [0.1, 0.15) is 5.56 Å². The first-order valence-electron chi connectivity index (χ1n) is 4.11. The zero-order valence-corrected chi connectivity index (χ0v) is 7.61. The fraction of sp³-hybridized carbons (Fsp3) is 0.200. The third-order valence-corrected chi connectivity index (χ3v) is 2.20. The summed E-state index contributed by atoms with van der Waals surface area (Å²) in [4.78, 5) is 15.5. The third-order valence-electron chi connectivity index (χ3n) is 2.20. The molecule has 0 radical (unpaired) electrons. The summed E-state index contributed by atoms with van der Waals surface area (Å²) < 4.78 is 1.56. The fourth-order valence-corrected chi connectivity index (χ4v) is 1.44. The molecule has 0 atom stereocenters. The Labute approximate surface area is 75.7 Å². The van der Waals surface area contributed by atoms with Gasteiger partial charge in [0.25, 0.3) is 5.56 Å². The van der Waals surface area contributed by atoms with Crippen molar-refractivity contribution in [1.29, 1.82) is 0 Å². The number of hydrogen-bond donors (Lipinski definition) is 0. The van der Waals surface area contributed by atoms with E-state index >= 15 is 0 Å². The van der Waals surface area contributed by atoms with Gasteiger partial charge in [-0.25, -0.2) is 4.98 Å². The van der Waals surface area contributed by atoms with Crippen LogP contribution in [-0.4, -0.2) is 9.55 Å². The highest BCUT2D eigenvalue weighted by Gasteiger charge is 2.02. The number of pyridine rings is 2. The van der Waals surface area contributed by atoms with Gasteiger partial charge in [-0.2, -0.15) is 0 Å². The number of fused-ring (bicyclic) bond motifs is 1. The number of aryl methyl sites for hydroxylation is 2.